The van der Waals surface area contributed by atoms with Crippen molar-refractivity contribution in [3.8, 4) is 5.75 Å². The Hall–Kier alpha value is -2.66. The predicted molar refractivity (Wildman–Crippen MR) is 112 cm³/mol. The first-order chi connectivity index (χ1) is 13.3. The van der Waals surface area contributed by atoms with Gasteiger partial charge in [-0.25, -0.2) is 0 Å². The standard InChI is InChI=1S/C23H24O4S/c1-23(2,3)27-22(25)12-10-19(24)21-14-17-13-18(9-11-20(17)28-21)26-15-16-7-5-4-6-8-16/h4-9,11,13-14H,10,12,15H2,1-3H3. The number of esters is 1. The molecule has 0 bridgehead atoms. The van der Waals surface area contributed by atoms with Gasteiger partial charge in [-0.3, -0.25) is 9.59 Å². The van der Waals surface area contributed by atoms with Crippen LogP contribution in [0, 0.1) is 0 Å². The summed E-state index contributed by atoms with van der Waals surface area (Å²) in [5.41, 5.74) is 0.569. The van der Waals surface area contributed by atoms with E-state index in [0.717, 1.165) is 21.4 Å². The SMILES string of the molecule is CC(C)(C)OC(=O)CCC(=O)c1cc2cc(OCc3ccccc3)ccc2s1. The highest BCUT2D eigenvalue weighted by Gasteiger charge is 2.18. The van der Waals surface area contributed by atoms with Gasteiger partial charge in [-0.15, -0.1) is 11.3 Å². The predicted octanol–water partition coefficient (Wildman–Crippen LogP) is 5.78. The number of ether oxygens (including phenoxy) is 2. The zero-order chi connectivity index (χ0) is 20.1. The largest absolute Gasteiger partial charge is 0.489 e. The Bertz CT molecular complexity index is 967. The molecule has 0 aliphatic carbocycles. The third-order valence-corrected chi connectivity index (χ3v) is 5.14. The summed E-state index contributed by atoms with van der Waals surface area (Å²) in [5.74, 6) is 0.374. The molecule has 4 nitrogen and oxygen atoms in total. The van der Waals surface area contributed by atoms with Gasteiger partial charge in [-0.2, -0.15) is 0 Å². The Kier molecular flexibility index (Phi) is 6.15. The molecular weight excluding hydrogens is 372 g/mol. The molecule has 0 saturated heterocycles. The first kappa shape index (κ1) is 20.1. The molecule has 28 heavy (non-hydrogen) atoms. The van der Waals surface area contributed by atoms with Crippen LogP contribution in [0.15, 0.2) is 54.6 Å². The maximum atomic E-state index is 12.5. The Morgan fingerprint density at radius 1 is 0.964 bits per heavy atom. The summed E-state index contributed by atoms with van der Waals surface area (Å²) < 4.78 is 12.1. The molecule has 0 radical (unpaired) electrons. The summed E-state index contributed by atoms with van der Waals surface area (Å²) in [6, 6.07) is 17.7. The molecule has 0 aliphatic heterocycles. The van der Waals surface area contributed by atoms with Gasteiger partial charge in [0.15, 0.2) is 5.78 Å². The lowest BCUT2D eigenvalue weighted by Gasteiger charge is -2.19. The van der Waals surface area contributed by atoms with Crippen LogP contribution in [-0.4, -0.2) is 17.4 Å². The van der Waals surface area contributed by atoms with E-state index < -0.39 is 5.60 Å². The minimum absolute atomic E-state index is 0.0428. The van der Waals surface area contributed by atoms with Gasteiger partial charge in [0.2, 0.25) is 0 Å². The minimum Gasteiger partial charge on any atom is -0.489 e. The third kappa shape index (κ3) is 5.67. The van der Waals surface area contributed by atoms with Crippen LogP contribution in [0.3, 0.4) is 0 Å². The third-order valence-electron chi connectivity index (χ3n) is 3.99. The highest BCUT2D eigenvalue weighted by Crippen LogP contribution is 2.30. The molecule has 0 unspecified atom stereocenters. The highest BCUT2D eigenvalue weighted by molar-refractivity contribution is 7.20. The fraction of sp³-hybridized carbons (Fsp3) is 0.304. The van der Waals surface area contributed by atoms with Crippen LogP contribution in [0.25, 0.3) is 10.1 Å². The van der Waals surface area contributed by atoms with Gasteiger partial charge < -0.3 is 9.47 Å². The van der Waals surface area contributed by atoms with Crippen molar-refractivity contribution in [1.82, 2.24) is 0 Å². The molecule has 0 amide bonds. The molecule has 3 aromatic rings. The second-order valence-electron chi connectivity index (χ2n) is 7.59. The van der Waals surface area contributed by atoms with E-state index in [-0.39, 0.29) is 24.6 Å². The second kappa shape index (κ2) is 8.57. The Balaban J connectivity index is 1.62. The molecule has 1 aromatic heterocycles. The molecule has 5 heteroatoms. The molecule has 0 aliphatic rings. The first-order valence-corrected chi connectivity index (χ1v) is 10.1. The number of rotatable bonds is 7. The number of carbonyl (C=O) groups excluding carboxylic acids is 2. The maximum absolute atomic E-state index is 12.5. The summed E-state index contributed by atoms with van der Waals surface area (Å²) >= 11 is 1.44. The fourth-order valence-corrected chi connectivity index (χ4v) is 3.73. The van der Waals surface area contributed by atoms with Crippen molar-refractivity contribution in [2.75, 3.05) is 0 Å². The average molecular weight is 397 g/mol. The quantitative estimate of drug-likeness (QED) is 0.375. The van der Waals surface area contributed by atoms with Gasteiger partial charge in [0.1, 0.15) is 18.0 Å². The van der Waals surface area contributed by atoms with Crippen LogP contribution >= 0.6 is 11.3 Å². The average Bonchev–Trinajstić information content (AvgIpc) is 3.07. The van der Waals surface area contributed by atoms with E-state index in [1.54, 1.807) is 0 Å². The number of Topliss-reactive ketones (excluding diaryl/α,β-unsaturated/α-hetero) is 1. The highest BCUT2D eigenvalue weighted by atomic mass is 32.1. The molecule has 0 atom stereocenters. The Morgan fingerprint density at radius 2 is 1.71 bits per heavy atom. The van der Waals surface area contributed by atoms with Crippen LogP contribution in [-0.2, 0) is 16.1 Å². The number of carbonyl (C=O) groups is 2. The summed E-state index contributed by atoms with van der Waals surface area (Å²) in [7, 11) is 0. The van der Waals surface area contributed by atoms with Gasteiger partial charge in [-0.1, -0.05) is 30.3 Å². The first-order valence-electron chi connectivity index (χ1n) is 9.25. The number of hydrogen-bond acceptors (Lipinski definition) is 5. The number of ketones is 1. The summed E-state index contributed by atoms with van der Waals surface area (Å²) in [6.45, 7) is 5.95. The van der Waals surface area contributed by atoms with E-state index in [1.165, 1.54) is 11.3 Å². The summed E-state index contributed by atoms with van der Waals surface area (Å²) in [4.78, 5) is 24.9. The summed E-state index contributed by atoms with van der Waals surface area (Å²) in [5, 5.41) is 0.969. The molecule has 3 rings (SSSR count). The summed E-state index contributed by atoms with van der Waals surface area (Å²) in [6.07, 6.45) is 0.245. The zero-order valence-corrected chi connectivity index (χ0v) is 17.2. The normalized spacial score (nSPS) is 11.4. The van der Waals surface area contributed by atoms with Crippen LogP contribution in [0.1, 0.15) is 48.8 Å². The van der Waals surface area contributed by atoms with Crippen molar-refractivity contribution in [3.05, 3.63) is 65.0 Å². The van der Waals surface area contributed by atoms with E-state index in [9.17, 15) is 9.59 Å². The van der Waals surface area contributed by atoms with Crippen LogP contribution < -0.4 is 4.74 Å². The lowest BCUT2D eigenvalue weighted by Crippen LogP contribution is -2.24. The van der Waals surface area contributed by atoms with Crippen LogP contribution in [0.5, 0.6) is 5.75 Å². The van der Waals surface area contributed by atoms with Crippen molar-refractivity contribution in [1.29, 1.82) is 0 Å². The topological polar surface area (TPSA) is 52.6 Å². The van der Waals surface area contributed by atoms with E-state index in [4.69, 9.17) is 9.47 Å². The van der Waals surface area contributed by atoms with E-state index in [1.807, 2.05) is 75.4 Å². The molecule has 0 spiro atoms. The zero-order valence-electron chi connectivity index (χ0n) is 16.4. The molecule has 0 saturated carbocycles. The molecule has 2 aromatic carbocycles. The van der Waals surface area contributed by atoms with Crippen molar-refractivity contribution >= 4 is 33.2 Å². The van der Waals surface area contributed by atoms with Gasteiger partial charge in [0.05, 0.1) is 11.3 Å². The number of thiophene rings is 1. The van der Waals surface area contributed by atoms with Crippen molar-refractivity contribution in [2.45, 2.75) is 45.8 Å². The molecule has 0 fully saturated rings. The van der Waals surface area contributed by atoms with Crippen molar-refractivity contribution < 1.29 is 19.1 Å². The van der Waals surface area contributed by atoms with Gasteiger partial charge in [0, 0.05) is 11.1 Å². The number of fused-ring (bicyclic) bond motifs is 1. The van der Waals surface area contributed by atoms with Crippen LogP contribution in [0.2, 0.25) is 0 Å². The Labute approximate surface area is 169 Å². The van der Waals surface area contributed by atoms with Gasteiger partial charge in [-0.05, 0) is 56.0 Å². The lowest BCUT2D eigenvalue weighted by atomic mass is 10.1. The van der Waals surface area contributed by atoms with E-state index >= 15 is 0 Å². The molecule has 1 heterocycles. The number of benzene rings is 2. The van der Waals surface area contributed by atoms with Gasteiger partial charge in [0.25, 0.3) is 0 Å². The fourth-order valence-electron chi connectivity index (χ4n) is 2.72. The maximum Gasteiger partial charge on any atom is 0.306 e. The van der Waals surface area contributed by atoms with Gasteiger partial charge >= 0.3 is 5.97 Å². The number of hydrogen-bond donors (Lipinski definition) is 0. The molecule has 146 valence electrons. The monoisotopic (exact) mass is 396 g/mol. The van der Waals surface area contributed by atoms with E-state index in [2.05, 4.69) is 0 Å². The second-order valence-corrected chi connectivity index (χ2v) is 8.68. The molecule has 0 N–H and O–H groups in total. The van der Waals surface area contributed by atoms with Crippen molar-refractivity contribution in [3.63, 3.8) is 0 Å². The lowest BCUT2D eigenvalue weighted by molar-refractivity contribution is -0.154. The smallest absolute Gasteiger partial charge is 0.306 e. The van der Waals surface area contributed by atoms with E-state index in [0.29, 0.717) is 11.5 Å². The molecular formula is C23H24O4S. The van der Waals surface area contributed by atoms with Crippen LogP contribution in [0.4, 0.5) is 0 Å². The Morgan fingerprint density at radius 3 is 2.43 bits per heavy atom. The minimum atomic E-state index is -0.534. The van der Waals surface area contributed by atoms with Crippen molar-refractivity contribution in [2.24, 2.45) is 0 Å².